The Morgan fingerprint density at radius 1 is 0.271 bits per heavy atom. The number of carbonyl (C=O) groups excluding carboxylic acids is 2. The van der Waals surface area contributed by atoms with Gasteiger partial charge in [0.25, 0.3) is 0 Å². The molecule has 0 amide bonds. The Kier molecular flexibility index (Phi) is 9.07. The van der Waals surface area contributed by atoms with Crippen molar-refractivity contribution >= 4 is 11.9 Å². The predicted molar refractivity (Wildman–Crippen MR) is 114 cm³/mol. The van der Waals surface area contributed by atoms with Gasteiger partial charge in [0, 0.05) is 0 Å². The first-order valence-corrected chi connectivity index (χ1v) is 11.4. The molecule has 0 aliphatic rings. The van der Waals surface area contributed by atoms with E-state index in [2.05, 4.69) is 9.47 Å². The minimum atomic E-state index is -3.14. The van der Waals surface area contributed by atoms with Gasteiger partial charge in [-0.1, -0.05) is 0 Å². The van der Waals surface area contributed by atoms with Gasteiger partial charge >= 0.3 is 11.9 Å². The van der Waals surface area contributed by atoms with E-state index in [1.54, 1.807) is 0 Å². The molecule has 0 spiro atoms. The van der Waals surface area contributed by atoms with Gasteiger partial charge in [-0.25, -0.2) is 71.1 Å². The minimum absolute atomic E-state index is 2.58. The molecule has 0 aromatic heterocycles. The number of rotatable bonds is 5. The van der Waals surface area contributed by atoms with Gasteiger partial charge in [-0.05, 0) is 0 Å². The minimum Gasteiger partial charge on any atom is -0.416 e. The maximum absolute atomic E-state index is 14.8. The van der Waals surface area contributed by atoms with Gasteiger partial charge in [0.15, 0.2) is 69.8 Å². The lowest BCUT2D eigenvalue weighted by Crippen LogP contribution is -2.20. The standard InChI is InChI=1S/C26F18O4/c27-5-1(6(28)20(42)23(19(5)41)47-25(45)3-9(31)13(35)17(39)14(36)10(3)32)2-7(29)21(43)24(22(44)8(2)30)48-26(46)4-11(33)15(37)18(40)16(38)12(4)34. The third kappa shape index (κ3) is 5.19. The van der Waals surface area contributed by atoms with Gasteiger partial charge in [-0.2, -0.15) is 17.6 Å². The van der Waals surface area contributed by atoms with Crippen LogP contribution < -0.4 is 9.47 Å². The average molecular weight is 718 g/mol. The molecule has 4 aromatic rings. The fraction of sp³-hybridized carbons (Fsp3) is 0. The van der Waals surface area contributed by atoms with Crippen LogP contribution in [0.25, 0.3) is 11.1 Å². The normalized spacial score (nSPS) is 11.3. The summed E-state index contributed by atoms with van der Waals surface area (Å²) >= 11 is 0. The number of hydrogen-bond donors (Lipinski definition) is 0. The summed E-state index contributed by atoms with van der Waals surface area (Å²) in [5.74, 6) is -65.2. The molecule has 48 heavy (non-hydrogen) atoms. The summed E-state index contributed by atoms with van der Waals surface area (Å²) < 4.78 is 260. The molecule has 0 aliphatic heterocycles. The first-order valence-electron chi connectivity index (χ1n) is 11.4. The van der Waals surface area contributed by atoms with Crippen LogP contribution in [0.4, 0.5) is 79.0 Å². The molecule has 0 unspecified atom stereocenters. The second-order valence-corrected chi connectivity index (χ2v) is 8.59. The Morgan fingerprint density at radius 3 is 0.667 bits per heavy atom. The molecule has 0 fully saturated rings. The molecular weight excluding hydrogens is 718 g/mol. The van der Waals surface area contributed by atoms with Crippen LogP contribution in [0.15, 0.2) is 0 Å². The summed E-state index contributed by atoms with van der Waals surface area (Å²) in [5.41, 5.74) is -10.7. The zero-order valence-corrected chi connectivity index (χ0v) is 21.4. The van der Waals surface area contributed by atoms with Crippen LogP contribution in [0.5, 0.6) is 11.5 Å². The van der Waals surface area contributed by atoms with Gasteiger partial charge in [-0.15, -0.1) is 0 Å². The Labute approximate surface area is 249 Å². The highest BCUT2D eigenvalue weighted by molar-refractivity contribution is 5.92. The van der Waals surface area contributed by atoms with E-state index in [-0.39, 0.29) is 0 Å². The van der Waals surface area contributed by atoms with E-state index < -0.39 is 150 Å². The third-order valence-electron chi connectivity index (χ3n) is 5.91. The van der Waals surface area contributed by atoms with Crippen molar-refractivity contribution < 1.29 is 98.1 Å². The van der Waals surface area contributed by atoms with Gasteiger partial charge < -0.3 is 9.47 Å². The first kappa shape index (κ1) is 35.4. The number of ether oxygens (including phenoxy) is 2. The maximum atomic E-state index is 14.8. The van der Waals surface area contributed by atoms with E-state index in [1.165, 1.54) is 0 Å². The number of esters is 2. The predicted octanol–water partition coefficient (Wildman–Crippen LogP) is 8.30. The fourth-order valence-electron chi connectivity index (χ4n) is 3.70. The van der Waals surface area contributed by atoms with Crippen LogP contribution >= 0.6 is 0 Å². The van der Waals surface area contributed by atoms with E-state index >= 15 is 0 Å². The molecule has 0 radical (unpaired) electrons. The van der Waals surface area contributed by atoms with Crippen molar-refractivity contribution in [2.45, 2.75) is 0 Å². The largest absolute Gasteiger partial charge is 0.416 e. The molecule has 4 nitrogen and oxygen atoms in total. The zero-order chi connectivity index (χ0) is 36.4. The summed E-state index contributed by atoms with van der Waals surface area (Å²) in [6.45, 7) is 0. The molecule has 0 heterocycles. The maximum Gasteiger partial charge on any atom is 0.349 e. The lowest BCUT2D eigenvalue weighted by molar-refractivity contribution is 0.0693. The van der Waals surface area contributed by atoms with Crippen molar-refractivity contribution in [1.29, 1.82) is 0 Å². The number of halogens is 18. The second kappa shape index (κ2) is 12.3. The van der Waals surface area contributed by atoms with Crippen molar-refractivity contribution in [1.82, 2.24) is 0 Å². The van der Waals surface area contributed by atoms with Crippen molar-refractivity contribution in [3.8, 4) is 22.6 Å². The summed E-state index contributed by atoms with van der Waals surface area (Å²) in [4.78, 5) is 23.9. The van der Waals surface area contributed by atoms with Crippen molar-refractivity contribution in [3.05, 3.63) is 116 Å². The van der Waals surface area contributed by atoms with E-state index in [1.807, 2.05) is 0 Å². The van der Waals surface area contributed by atoms with Gasteiger partial charge in [-0.3, -0.25) is 0 Å². The molecule has 22 heteroatoms. The lowest BCUT2D eigenvalue weighted by Gasteiger charge is -2.16. The second-order valence-electron chi connectivity index (χ2n) is 8.59. The topological polar surface area (TPSA) is 52.6 Å². The highest BCUT2D eigenvalue weighted by Crippen LogP contribution is 2.42. The molecule has 0 saturated carbocycles. The summed E-state index contributed by atoms with van der Waals surface area (Å²) in [6, 6.07) is 0. The number of hydrogen-bond acceptors (Lipinski definition) is 4. The Bertz CT molecular complexity index is 1850. The molecular formula is C26F18O4. The average Bonchev–Trinajstić information content (AvgIpc) is 3.04. The Morgan fingerprint density at radius 2 is 0.458 bits per heavy atom. The van der Waals surface area contributed by atoms with Crippen molar-refractivity contribution in [2.75, 3.05) is 0 Å². The molecule has 0 bridgehead atoms. The van der Waals surface area contributed by atoms with E-state index in [9.17, 15) is 88.6 Å². The van der Waals surface area contributed by atoms with Crippen LogP contribution in [0, 0.1) is 105 Å². The molecule has 254 valence electrons. The molecule has 0 N–H and O–H groups in total. The van der Waals surface area contributed by atoms with Crippen molar-refractivity contribution in [3.63, 3.8) is 0 Å². The smallest absolute Gasteiger partial charge is 0.349 e. The van der Waals surface area contributed by atoms with Gasteiger partial charge in [0.2, 0.25) is 46.4 Å². The van der Waals surface area contributed by atoms with Gasteiger partial charge in [0.1, 0.15) is 11.1 Å². The Hall–Kier alpha value is -5.44. The van der Waals surface area contributed by atoms with Crippen LogP contribution in [0.3, 0.4) is 0 Å². The highest BCUT2D eigenvalue weighted by atomic mass is 19.2. The van der Waals surface area contributed by atoms with Crippen LogP contribution in [0.2, 0.25) is 0 Å². The zero-order valence-electron chi connectivity index (χ0n) is 21.4. The monoisotopic (exact) mass is 718 g/mol. The molecule has 4 rings (SSSR count). The van der Waals surface area contributed by atoms with Crippen LogP contribution in [-0.4, -0.2) is 11.9 Å². The van der Waals surface area contributed by atoms with Gasteiger partial charge in [0.05, 0.1) is 11.1 Å². The Balaban J connectivity index is 1.84. The third-order valence-corrected chi connectivity index (χ3v) is 5.91. The van der Waals surface area contributed by atoms with E-state index in [0.29, 0.717) is 0 Å². The van der Waals surface area contributed by atoms with Crippen LogP contribution in [0.1, 0.15) is 20.7 Å². The lowest BCUT2D eigenvalue weighted by atomic mass is 10.0. The highest BCUT2D eigenvalue weighted by Gasteiger charge is 2.39. The van der Waals surface area contributed by atoms with E-state index in [4.69, 9.17) is 0 Å². The van der Waals surface area contributed by atoms with Crippen molar-refractivity contribution in [2.24, 2.45) is 0 Å². The quantitative estimate of drug-likeness (QED) is 0.0686. The number of carbonyl (C=O) groups is 2. The number of benzene rings is 4. The van der Waals surface area contributed by atoms with E-state index in [0.717, 1.165) is 0 Å². The van der Waals surface area contributed by atoms with Crippen LogP contribution in [-0.2, 0) is 0 Å². The summed E-state index contributed by atoms with van der Waals surface area (Å²) in [6.07, 6.45) is 0. The molecule has 0 atom stereocenters. The SMILES string of the molecule is O=C(Oc1c(F)c(F)c(-c2c(F)c(F)c(OC(=O)c3c(F)c(F)c(F)c(F)c3F)c(F)c2F)c(F)c1F)c1c(F)c(F)c(F)c(F)c1F. The summed E-state index contributed by atoms with van der Waals surface area (Å²) in [5, 5.41) is 0. The molecule has 0 saturated heterocycles. The summed E-state index contributed by atoms with van der Waals surface area (Å²) in [7, 11) is 0. The molecule has 4 aromatic carbocycles. The fourth-order valence-corrected chi connectivity index (χ4v) is 3.70. The first-order chi connectivity index (χ1) is 22.2. The molecule has 0 aliphatic carbocycles.